The number of aryl methyl sites for hydroxylation is 1. The van der Waals surface area contributed by atoms with Gasteiger partial charge in [0.05, 0.1) is 0 Å². The predicted molar refractivity (Wildman–Crippen MR) is 95.9 cm³/mol. The van der Waals surface area contributed by atoms with Crippen LogP contribution in [0.25, 0.3) is 10.9 Å². The zero-order chi connectivity index (χ0) is 16.9. The lowest BCUT2D eigenvalue weighted by Crippen LogP contribution is -2.12. The van der Waals surface area contributed by atoms with Gasteiger partial charge in [0.2, 0.25) is 5.91 Å². The molecule has 0 atom stereocenters. The average molecular weight is 320 g/mol. The minimum Gasteiger partial charge on any atom is -0.370 e. The Morgan fingerprint density at radius 3 is 2.46 bits per heavy atom. The van der Waals surface area contributed by atoms with Crippen LogP contribution < -0.4 is 11.3 Å². The average Bonchev–Trinajstić information content (AvgIpc) is 2.57. The third kappa shape index (κ3) is 3.90. The molecule has 3 aromatic rings. The van der Waals surface area contributed by atoms with Crippen LogP contribution in [0.5, 0.6) is 0 Å². The smallest absolute Gasteiger partial charge is 0.251 e. The summed E-state index contributed by atoms with van der Waals surface area (Å²) in [5.41, 5.74) is 8.99. The van der Waals surface area contributed by atoms with Crippen LogP contribution in [0.4, 0.5) is 0 Å². The van der Waals surface area contributed by atoms with Gasteiger partial charge in [-0.3, -0.25) is 9.59 Å². The van der Waals surface area contributed by atoms with Gasteiger partial charge in [-0.15, -0.1) is 0 Å². The number of H-pyrrole nitrogens is 1. The van der Waals surface area contributed by atoms with Crippen molar-refractivity contribution in [3.63, 3.8) is 0 Å². The van der Waals surface area contributed by atoms with Crippen LogP contribution in [0.3, 0.4) is 0 Å². The van der Waals surface area contributed by atoms with Crippen LogP contribution in [0.15, 0.2) is 59.4 Å². The molecule has 1 amide bonds. The number of carbonyl (C=O) groups is 1. The molecule has 122 valence electrons. The van der Waals surface area contributed by atoms with E-state index in [1.54, 1.807) is 0 Å². The first kappa shape index (κ1) is 16.0. The topological polar surface area (TPSA) is 76.0 Å². The zero-order valence-electron chi connectivity index (χ0n) is 13.4. The van der Waals surface area contributed by atoms with E-state index in [0.717, 1.165) is 34.9 Å². The Kier molecular flexibility index (Phi) is 4.75. The van der Waals surface area contributed by atoms with Gasteiger partial charge in [-0.1, -0.05) is 42.5 Å². The van der Waals surface area contributed by atoms with Crippen molar-refractivity contribution in [3.05, 3.63) is 81.6 Å². The summed E-state index contributed by atoms with van der Waals surface area (Å²) in [6.07, 6.45) is 2.61. The Morgan fingerprint density at radius 2 is 1.71 bits per heavy atom. The SMILES string of the molecule is NC(=O)CCCc1ccc(Cc2cc3ccccc3[nH]c2=O)cc1. The number of aromatic amines is 1. The quantitative estimate of drug-likeness (QED) is 0.732. The lowest BCUT2D eigenvalue weighted by Gasteiger charge is -2.05. The van der Waals surface area contributed by atoms with Crippen molar-refractivity contribution in [2.75, 3.05) is 0 Å². The highest BCUT2D eigenvalue weighted by atomic mass is 16.1. The number of primary amides is 1. The molecule has 3 rings (SSSR count). The number of nitrogens with one attached hydrogen (secondary N) is 1. The van der Waals surface area contributed by atoms with E-state index in [1.807, 2.05) is 54.6 Å². The van der Waals surface area contributed by atoms with Crippen LogP contribution >= 0.6 is 0 Å². The predicted octanol–water partition coefficient (Wildman–Crippen LogP) is 2.93. The number of carbonyl (C=O) groups excluding carboxylic acids is 1. The number of rotatable bonds is 6. The summed E-state index contributed by atoms with van der Waals surface area (Å²) in [5, 5.41) is 1.04. The van der Waals surface area contributed by atoms with Gasteiger partial charge in [0, 0.05) is 23.9 Å². The minimum atomic E-state index is -0.262. The van der Waals surface area contributed by atoms with Gasteiger partial charge < -0.3 is 10.7 Å². The molecule has 1 heterocycles. The maximum Gasteiger partial charge on any atom is 0.251 e. The third-order valence-electron chi connectivity index (χ3n) is 4.14. The van der Waals surface area contributed by atoms with E-state index in [4.69, 9.17) is 5.73 Å². The molecule has 0 bridgehead atoms. The highest BCUT2D eigenvalue weighted by molar-refractivity contribution is 5.78. The normalized spacial score (nSPS) is 10.8. The van der Waals surface area contributed by atoms with Gasteiger partial charge >= 0.3 is 0 Å². The van der Waals surface area contributed by atoms with Gasteiger partial charge in [0.25, 0.3) is 5.56 Å². The van der Waals surface area contributed by atoms with Crippen LogP contribution in [0.1, 0.15) is 29.5 Å². The van der Waals surface area contributed by atoms with Crippen molar-refractivity contribution in [2.45, 2.75) is 25.7 Å². The lowest BCUT2D eigenvalue weighted by molar-refractivity contribution is -0.118. The Morgan fingerprint density at radius 1 is 1.00 bits per heavy atom. The van der Waals surface area contributed by atoms with Crippen molar-refractivity contribution >= 4 is 16.8 Å². The number of benzene rings is 2. The molecule has 0 spiro atoms. The maximum atomic E-state index is 12.2. The highest BCUT2D eigenvalue weighted by Crippen LogP contribution is 2.14. The summed E-state index contributed by atoms with van der Waals surface area (Å²) < 4.78 is 0. The molecule has 0 unspecified atom stereocenters. The number of aromatic nitrogens is 1. The van der Waals surface area contributed by atoms with Crippen molar-refractivity contribution < 1.29 is 4.79 Å². The van der Waals surface area contributed by atoms with Crippen LogP contribution in [0, 0.1) is 0 Å². The van der Waals surface area contributed by atoms with Crippen molar-refractivity contribution in [3.8, 4) is 0 Å². The fraction of sp³-hybridized carbons (Fsp3) is 0.200. The number of hydrogen-bond donors (Lipinski definition) is 2. The minimum absolute atomic E-state index is 0.0424. The zero-order valence-corrected chi connectivity index (χ0v) is 13.4. The van der Waals surface area contributed by atoms with Gasteiger partial charge in [0.15, 0.2) is 0 Å². The highest BCUT2D eigenvalue weighted by Gasteiger charge is 2.04. The monoisotopic (exact) mass is 320 g/mol. The van der Waals surface area contributed by atoms with E-state index in [1.165, 1.54) is 5.56 Å². The first-order chi connectivity index (χ1) is 11.6. The van der Waals surface area contributed by atoms with Crippen molar-refractivity contribution in [1.29, 1.82) is 0 Å². The summed E-state index contributed by atoms with van der Waals surface area (Å²) in [4.78, 5) is 25.9. The second-order valence-electron chi connectivity index (χ2n) is 6.02. The van der Waals surface area contributed by atoms with E-state index >= 15 is 0 Å². The summed E-state index contributed by atoms with van der Waals surface area (Å²) in [5.74, 6) is -0.262. The first-order valence-electron chi connectivity index (χ1n) is 8.09. The van der Waals surface area contributed by atoms with Crippen molar-refractivity contribution in [2.24, 2.45) is 5.73 Å². The first-order valence-corrected chi connectivity index (χ1v) is 8.09. The molecule has 0 saturated carbocycles. The van der Waals surface area contributed by atoms with Gasteiger partial charge in [-0.2, -0.15) is 0 Å². The number of nitrogens with two attached hydrogens (primary N) is 1. The van der Waals surface area contributed by atoms with Crippen LogP contribution in [0.2, 0.25) is 0 Å². The Balaban J connectivity index is 1.73. The Labute approximate surface area is 140 Å². The molecular formula is C20H20N2O2. The second-order valence-corrected chi connectivity index (χ2v) is 6.02. The van der Waals surface area contributed by atoms with Gasteiger partial charge in [0.1, 0.15) is 0 Å². The summed E-state index contributed by atoms with van der Waals surface area (Å²) in [6, 6.07) is 17.9. The molecule has 0 saturated heterocycles. The van der Waals surface area contributed by atoms with Crippen molar-refractivity contribution in [1.82, 2.24) is 4.98 Å². The molecular weight excluding hydrogens is 300 g/mol. The number of amides is 1. The summed E-state index contributed by atoms with van der Waals surface area (Å²) >= 11 is 0. The number of pyridine rings is 1. The van der Waals surface area contributed by atoms with Gasteiger partial charge in [-0.25, -0.2) is 0 Å². The van der Waals surface area contributed by atoms with E-state index < -0.39 is 0 Å². The fourth-order valence-corrected chi connectivity index (χ4v) is 2.83. The molecule has 24 heavy (non-hydrogen) atoms. The second kappa shape index (κ2) is 7.13. The maximum absolute atomic E-state index is 12.2. The third-order valence-corrected chi connectivity index (χ3v) is 4.14. The molecule has 0 aliphatic heterocycles. The molecule has 4 heteroatoms. The van der Waals surface area contributed by atoms with Gasteiger partial charge in [-0.05, 0) is 41.5 Å². The van der Waals surface area contributed by atoms with Crippen LogP contribution in [-0.4, -0.2) is 10.9 Å². The molecule has 0 radical (unpaired) electrons. The fourth-order valence-electron chi connectivity index (χ4n) is 2.83. The van der Waals surface area contributed by atoms with E-state index in [9.17, 15) is 9.59 Å². The molecule has 1 aromatic heterocycles. The molecule has 0 aliphatic carbocycles. The standard InChI is InChI=1S/C20H20N2O2/c21-19(23)7-3-4-14-8-10-15(11-9-14)12-17-13-16-5-1-2-6-18(16)22-20(17)24/h1-2,5-6,8-11,13H,3-4,7,12H2,(H2,21,23)(H,22,24). The van der Waals surface area contributed by atoms with Crippen LogP contribution in [-0.2, 0) is 17.6 Å². The van der Waals surface area contributed by atoms with E-state index in [0.29, 0.717) is 12.8 Å². The largest absolute Gasteiger partial charge is 0.370 e. The van der Waals surface area contributed by atoms with E-state index in [2.05, 4.69) is 4.98 Å². The number of hydrogen-bond acceptors (Lipinski definition) is 2. The number of fused-ring (bicyclic) bond motifs is 1. The molecule has 4 nitrogen and oxygen atoms in total. The molecule has 0 fully saturated rings. The molecule has 0 aliphatic rings. The number of para-hydroxylation sites is 1. The Hall–Kier alpha value is -2.88. The molecule has 3 N–H and O–H groups in total. The molecule has 2 aromatic carbocycles. The Bertz CT molecular complexity index is 911. The van der Waals surface area contributed by atoms with E-state index in [-0.39, 0.29) is 11.5 Å². The summed E-state index contributed by atoms with van der Waals surface area (Å²) in [6.45, 7) is 0. The summed E-state index contributed by atoms with van der Waals surface area (Å²) in [7, 11) is 0. The lowest BCUT2D eigenvalue weighted by atomic mass is 10.0.